The Morgan fingerprint density at radius 2 is 1.81 bits per heavy atom. The molecule has 2 bridgehead atoms. The number of aryl methyl sites for hydroxylation is 1. The highest BCUT2D eigenvalue weighted by Crippen LogP contribution is 2.48. The van der Waals surface area contributed by atoms with E-state index in [1.165, 1.54) is 24.9 Å². The fourth-order valence-corrected chi connectivity index (χ4v) is 6.14. The van der Waals surface area contributed by atoms with Crippen LogP contribution in [0.4, 0.5) is 23.1 Å². The molecule has 168 valence electrons. The van der Waals surface area contributed by atoms with E-state index in [9.17, 15) is 4.79 Å². The summed E-state index contributed by atoms with van der Waals surface area (Å²) in [7, 11) is 2.18. The van der Waals surface area contributed by atoms with E-state index in [1.807, 2.05) is 11.1 Å². The van der Waals surface area contributed by atoms with E-state index >= 15 is 0 Å². The van der Waals surface area contributed by atoms with Crippen molar-refractivity contribution < 1.29 is 4.79 Å². The summed E-state index contributed by atoms with van der Waals surface area (Å²) in [6.45, 7) is 4.32. The van der Waals surface area contributed by atoms with Gasteiger partial charge in [-0.15, -0.1) is 0 Å². The first kappa shape index (κ1) is 20.0. The highest BCUT2D eigenvalue weighted by atomic mass is 16.2. The lowest BCUT2D eigenvalue weighted by Gasteiger charge is -2.37. The standard InChI is InChI=1S/C25H32N6O/c1-29-10-12-30(13-11-29)21-7-5-20(6-8-21)27-25-26-16-19-4-9-23(32)31(24(19)28-25)22-15-17-2-3-18(22)14-17/h5-8,16-18,22H,2-4,9-15H2,1H3,(H,26,27,28). The Morgan fingerprint density at radius 3 is 2.53 bits per heavy atom. The van der Waals surface area contributed by atoms with Crippen LogP contribution >= 0.6 is 0 Å². The SMILES string of the molecule is CN1CCN(c2ccc(Nc3ncc4c(n3)N(C3CC5CCC3C5)C(=O)CC4)cc2)CC1. The topological polar surface area (TPSA) is 64.6 Å². The summed E-state index contributed by atoms with van der Waals surface area (Å²) in [6.07, 6.45) is 8.23. The van der Waals surface area contributed by atoms with Gasteiger partial charge in [0.15, 0.2) is 0 Å². The molecule has 4 aliphatic rings. The fraction of sp³-hybridized carbons (Fsp3) is 0.560. The van der Waals surface area contributed by atoms with Crippen molar-refractivity contribution in [2.24, 2.45) is 11.8 Å². The molecule has 7 nitrogen and oxygen atoms in total. The zero-order valence-electron chi connectivity index (χ0n) is 18.8. The summed E-state index contributed by atoms with van der Waals surface area (Å²) in [5, 5.41) is 3.36. The van der Waals surface area contributed by atoms with Crippen LogP contribution in [0.2, 0.25) is 0 Å². The van der Waals surface area contributed by atoms with Gasteiger partial charge in [0.25, 0.3) is 0 Å². The highest BCUT2D eigenvalue weighted by Gasteiger charge is 2.46. The zero-order valence-corrected chi connectivity index (χ0v) is 18.8. The van der Waals surface area contributed by atoms with Gasteiger partial charge in [0.05, 0.1) is 0 Å². The van der Waals surface area contributed by atoms with Crippen molar-refractivity contribution in [3.63, 3.8) is 0 Å². The largest absolute Gasteiger partial charge is 0.369 e. The van der Waals surface area contributed by atoms with E-state index in [2.05, 4.69) is 51.4 Å². The van der Waals surface area contributed by atoms with Gasteiger partial charge in [0.1, 0.15) is 5.82 Å². The van der Waals surface area contributed by atoms with Gasteiger partial charge in [-0.05, 0) is 68.8 Å². The third-order valence-electron chi connectivity index (χ3n) is 7.97. The highest BCUT2D eigenvalue weighted by molar-refractivity contribution is 5.96. The minimum absolute atomic E-state index is 0.233. The Bertz CT molecular complexity index is 1000. The van der Waals surface area contributed by atoms with Crippen molar-refractivity contribution in [3.05, 3.63) is 36.0 Å². The molecule has 2 aliphatic carbocycles. The molecule has 2 aromatic rings. The molecule has 0 radical (unpaired) electrons. The Labute approximate surface area is 189 Å². The van der Waals surface area contributed by atoms with E-state index in [0.717, 1.165) is 62.0 Å². The molecule has 3 unspecified atom stereocenters. The molecule has 6 rings (SSSR count). The van der Waals surface area contributed by atoms with Crippen LogP contribution in [-0.4, -0.2) is 60.0 Å². The van der Waals surface area contributed by atoms with Crippen LogP contribution in [0.1, 0.15) is 37.7 Å². The van der Waals surface area contributed by atoms with Crippen molar-refractivity contribution >= 4 is 29.0 Å². The van der Waals surface area contributed by atoms with Gasteiger partial charge in [-0.2, -0.15) is 4.98 Å². The molecule has 1 saturated heterocycles. The van der Waals surface area contributed by atoms with Crippen LogP contribution in [0.5, 0.6) is 0 Å². The van der Waals surface area contributed by atoms with E-state index in [-0.39, 0.29) is 5.91 Å². The quantitative estimate of drug-likeness (QED) is 0.799. The van der Waals surface area contributed by atoms with Gasteiger partial charge in [-0.3, -0.25) is 9.69 Å². The number of aromatic nitrogens is 2. The number of piperazine rings is 1. The molecule has 1 aromatic heterocycles. The Morgan fingerprint density at radius 1 is 1.00 bits per heavy atom. The monoisotopic (exact) mass is 432 g/mol. The lowest BCUT2D eigenvalue weighted by molar-refractivity contribution is -0.119. The van der Waals surface area contributed by atoms with Crippen molar-refractivity contribution in [2.75, 3.05) is 48.3 Å². The van der Waals surface area contributed by atoms with Gasteiger partial charge in [-0.25, -0.2) is 4.98 Å². The number of anilines is 4. The van der Waals surface area contributed by atoms with Crippen LogP contribution in [-0.2, 0) is 11.2 Å². The first-order valence-electron chi connectivity index (χ1n) is 12.1. The number of carbonyl (C=O) groups is 1. The maximum absolute atomic E-state index is 12.9. The smallest absolute Gasteiger partial charge is 0.229 e. The van der Waals surface area contributed by atoms with Gasteiger partial charge in [0, 0.05) is 61.8 Å². The third-order valence-corrected chi connectivity index (χ3v) is 7.97. The van der Waals surface area contributed by atoms with E-state index in [0.29, 0.717) is 24.3 Å². The van der Waals surface area contributed by atoms with Crippen molar-refractivity contribution in [1.29, 1.82) is 0 Å². The average molecular weight is 433 g/mol. The number of nitrogens with one attached hydrogen (secondary N) is 1. The normalized spacial score (nSPS) is 27.7. The Kier molecular flexibility index (Phi) is 5.01. The van der Waals surface area contributed by atoms with Crippen LogP contribution in [0, 0.1) is 11.8 Å². The molecule has 32 heavy (non-hydrogen) atoms. The van der Waals surface area contributed by atoms with Crippen molar-refractivity contribution in [3.8, 4) is 0 Å². The molecular formula is C25H32N6O. The molecule has 2 aliphatic heterocycles. The first-order chi connectivity index (χ1) is 15.6. The Balaban J connectivity index is 1.20. The summed E-state index contributed by atoms with van der Waals surface area (Å²) in [6, 6.07) is 8.84. The number of amides is 1. The summed E-state index contributed by atoms with van der Waals surface area (Å²) < 4.78 is 0. The molecular weight excluding hydrogens is 400 g/mol. The van der Waals surface area contributed by atoms with Crippen LogP contribution in [0.25, 0.3) is 0 Å². The molecule has 1 amide bonds. The minimum Gasteiger partial charge on any atom is -0.369 e. The molecule has 1 aromatic carbocycles. The van der Waals surface area contributed by atoms with Crippen LogP contribution in [0.15, 0.2) is 30.5 Å². The maximum atomic E-state index is 12.9. The van der Waals surface area contributed by atoms with Crippen LogP contribution in [0.3, 0.4) is 0 Å². The molecule has 2 saturated carbocycles. The second-order valence-electron chi connectivity index (χ2n) is 10.0. The predicted octanol–water partition coefficient (Wildman–Crippen LogP) is 3.44. The predicted molar refractivity (Wildman–Crippen MR) is 127 cm³/mol. The van der Waals surface area contributed by atoms with Crippen LogP contribution < -0.4 is 15.1 Å². The Hall–Kier alpha value is -2.67. The minimum atomic E-state index is 0.233. The third kappa shape index (κ3) is 3.62. The number of fused-ring (bicyclic) bond motifs is 3. The number of nitrogens with zero attached hydrogens (tertiary/aromatic N) is 5. The number of likely N-dealkylation sites (N-methyl/N-ethyl adjacent to an activating group) is 1. The zero-order chi connectivity index (χ0) is 21.7. The molecule has 3 atom stereocenters. The number of carbonyl (C=O) groups excluding carboxylic acids is 1. The van der Waals surface area contributed by atoms with E-state index < -0.39 is 0 Å². The number of hydrogen-bond donors (Lipinski definition) is 1. The lowest BCUT2D eigenvalue weighted by atomic mass is 9.92. The summed E-state index contributed by atoms with van der Waals surface area (Å²) in [5.41, 5.74) is 3.32. The second kappa shape index (κ2) is 8.03. The van der Waals surface area contributed by atoms with Gasteiger partial charge >= 0.3 is 0 Å². The molecule has 7 heteroatoms. The number of hydrogen-bond acceptors (Lipinski definition) is 6. The number of rotatable bonds is 4. The van der Waals surface area contributed by atoms with Crippen molar-refractivity contribution in [2.45, 2.75) is 44.6 Å². The molecule has 1 N–H and O–H groups in total. The second-order valence-corrected chi connectivity index (χ2v) is 10.0. The summed E-state index contributed by atoms with van der Waals surface area (Å²) in [5.74, 6) is 3.07. The lowest BCUT2D eigenvalue weighted by Crippen LogP contribution is -2.46. The average Bonchev–Trinajstić information content (AvgIpc) is 3.44. The van der Waals surface area contributed by atoms with Gasteiger partial charge in [-0.1, -0.05) is 6.42 Å². The number of benzene rings is 1. The van der Waals surface area contributed by atoms with Gasteiger partial charge in [0.2, 0.25) is 11.9 Å². The summed E-state index contributed by atoms with van der Waals surface area (Å²) in [4.78, 5) is 29.2. The van der Waals surface area contributed by atoms with E-state index in [4.69, 9.17) is 4.98 Å². The van der Waals surface area contributed by atoms with Crippen molar-refractivity contribution in [1.82, 2.24) is 14.9 Å². The maximum Gasteiger partial charge on any atom is 0.229 e. The molecule has 0 spiro atoms. The molecule has 3 heterocycles. The first-order valence-corrected chi connectivity index (χ1v) is 12.1. The fourth-order valence-electron chi connectivity index (χ4n) is 6.14. The summed E-state index contributed by atoms with van der Waals surface area (Å²) >= 11 is 0. The van der Waals surface area contributed by atoms with E-state index in [1.54, 1.807) is 0 Å². The van der Waals surface area contributed by atoms with Gasteiger partial charge < -0.3 is 15.1 Å². The molecule has 3 fully saturated rings.